The zero-order chi connectivity index (χ0) is 20.9. The van der Waals surface area contributed by atoms with E-state index in [-0.39, 0.29) is 0 Å². The highest BCUT2D eigenvalue weighted by atomic mass is 16.5. The van der Waals surface area contributed by atoms with Gasteiger partial charge in [0.2, 0.25) is 0 Å². The van der Waals surface area contributed by atoms with Crippen molar-refractivity contribution in [1.82, 2.24) is 24.9 Å². The molecule has 0 fully saturated rings. The number of aromatic nitrogens is 5. The second kappa shape index (κ2) is 8.51. The molecule has 6 heteroatoms. The first-order valence-corrected chi connectivity index (χ1v) is 9.75. The van der Waals surface area contributed by atoms with Gasteiger partial charge in [0.05, 0.1) is 34.2 Å². The Labute approximate surface area is 179 Å². The lowest BCUT2D eigenvalue weighted by atomic mass is 10.2. The van der Waals surface area contributed by atoms with Gasteiger partial charge in [-0.05, 0) is 42.5 Å². The summed E-state index contributed by atoms with van der Waals surface area (Å²) in [6.45, 7) is 0. The molecule has 0 bridgehead atoms. The SMILES string of the molecule is c1ccc(-c2cc(Oc3cc(-c4ccccn4)nc(-c4ccccn4)c3)ccn2)nc1. The van der Waals surface area contributed by atoms with E-state index in [4.69, 9.17) is 9.72 Å². The smallest absolute Gasteiger partial charge is 0.131 e. The Balaban J connectivity index is 1.55. The molecular formula is C25H17N5O. The third-order valence-corrected chi connectivity index (χ3v) is 4.55. The van der Waals surface area contributed by atoms with E-state index in [1.807, 2.05) is 78.9 Å². The first-order chi connectivity index (χ1) is 15.3. The van der Waals surface area contributed by atoms with E-state index in [0.717, 1.165) is 22.8 Å². The predicted octanol–water partition coefficient (Wildman–Crippen LogP) is 5.45. The van der Waals surface area contributed by atoms with Crippen molar-refractivity contribution in [3.8, 4) is 45.7 Å². The van der Waals surface area contributed by atoms with Gasteiger partial charge in [0.25, 0.3) is 0 Å². The molecule has 5 aromatic heterocycles. The molecule has 5 aromatic rings. The third-order valence-electron chi connectivity index (χ3n) is 4.55. The topological polar surface area (TPSA) is 73.7 Å². The molecule has 0 amide bonds. The molecule has 0 saturated carbocycles. The maximum absolute atomic E-state index is 6.20. The highest BCUT2D eigenvalue weighted by Gasteiger charge is 2.11. The molecule has 0 atom stereocenters. The van der Waals surface area contributed by atoms with Crippen molar-refractivity contribution in [3.63, 3.8) is 0 Å². The Hall–Kier alpha value is -4.45. The fraction of sp³-hybridized carbons (Fsp3) is 0. The Morgan fingerprint density at radius 2 is 0.903 bits per heavy atom. The average Bonchev–Trinajstić information content (AvgIpc) is 2.86. The van der Waals surface area contributed by atoms with Crippen molar-refractivity contribution >= 4 is 0 Å². The van der Waals surface area contributed by atoms with E-state index in [9.17, 15) is 0 Å². The highest BCUT2D eigenvalue weighted by molar-refractivity contribution is 5.65. The summed E-state index contributed by atoms with van der Waals surface area (Å²) in [5, 5.41) is 0. The van der Waals surface area contributed by atoms with Crippen LogP contribution in [0.1, 0.15) is 0 Å². The van der Waals surface area contributed by atoms with Crippen LogP contribution in [0.25, 0.3) is 34.2 Å². The summed E-state index contributed by atoms with van der Waals surface area (Å²) in [7, 11) is 0. The minimum atomic E-state index is 0.634. The molecule has 0 aliphatic rings. The Morgan fingerprint density at radius 3 is 1.42 bits per heavy atom. The fourth-order valence-corrected chi connectivity index (χ4v) is 3.12. The number of ether oxygens (including phenoxy) is 1. The van der Waals surface area contributed by atoms with Crippen LogP contribution in [0, 0.1) is 0 Å². The quantitative estimate of drug-likeness (QED) is 0.388. The van der Waals surface area contributed by atoms with Crippen LogP contribution in [0.4, 0.5) is 0 Å². The van der Waals surface area contributed by atoms with Crippen LogP contribution < -0.4 is 4.74 Å². The van der Waals surface area contributed by atoms with Crippen molar-refractivity contribution in [2.45, 2.75) is 0 Å². The predicted molar refractivity (Wildman–Crippen MR) is 118 cm³/mol. The molecule has 0 saturated heterocycles. The monoisotopic (exact) mass is 403 g/mol. The van der Waals surface area contributed by atoms with E-state index in [0.29, 0.717) is 22.9 Å². The molecule has 0 unspecified atom stereocenters. The number of nitrogens with zero attached hydrogens (tertiary/aromatic N) is 5. The van der Waals surface area contributed by atoms with Gasteiger partial charge in [-0.25, -0.2) is 4.98 Å². The number of hydrogen-bond acceptors (Lipinski definition) is 6. The molecule has 5 rings (SSSR count). The summed E-state index contributed by atoms with van der Waals surface area (Å²) in [5.74, 6) is 1.29. The van der Waals surface area contributed by atoms with Gasteiger partial charge < -0.3 is 4.74 Å². The lowest BCUT2D eigenvalue weighted by Crippen LogP contribution is -1.95. The average molecular weight is 403 g/mol. The van der Waals surface area contributed by atoms with Crippen LogP contribution in [-0.4, -0.2) is 24.9 Å². The van der Waals surface area contributed by atoms with Gasteiger partial charge in [-0.2, -0.15) is 0 Å². The number of rotatable bonds is 5. The second-order valence-electron chi connectivity index (χ2n) is 6.70. The van der Waals surface area contributed by atoms with Crippen LogP contribution in [0.5, 0.6) is 11.5 Å². The van der Waals surface area contributed by atoms with Crippen LogP contribution >= 0.6 is 0 Å². The van der Waals surface area contributed by atoms with Gasteiger partial charge in [-0.1, -0.05) is 18.2 Å². The molecule has 0 aromatic carbocycles. The maximum Gasteiger partial charge on any atom is 0.131 e. The highest BCUT2D eigenvalue weighted by Crippen LogP contribution is 2.30. The van der Waals surface area contributed by atoms with Gasteiger partial charge in [0.15, 0.2) is 0 Å². The lowest BCUT2D eigenvalue weighted by Gasteiger charge is -2.11. The summed E-state index contributed by atoms with van der Waals surface area (Å²) in [6.07, 6.45) is 6.94. The second-order valence-corrected chi connectivity index (χ2v) is 6.70. The van der Waals surface area contributed by atoms with E-state index in [1.165, 1.54) is 0 Å². The Morgan fingerprint density at radius 1 is 0.419 bits per heavy atom. The van der Waals surface area contributed by atoms with Gasteiger partial charge in [0, 0.05) is 43.0 Å². The summed E-state index contributed by atoms with van der Waals surface area (Å²) in [4.78, 5) is 22.4. The maximum atomic E-state index is 6.20. The minimum Gasteiger partial charge on any atom is -0.457 e. The molecule has 0 radical (unpaired) electrons. The van der Waals surface area contributed by atoms with Crippen LogP contribution in [0.2, 0.25) is 0 Å². The summed E-state index contributed by atoms with van der Waals surface area (Å²) in [5.41, 5.74) is 4.45. The molecule has 6 nitrogen and oxygen atoms in total. The van der Waals surface area contributed by atoms with Crippen LogP contribution in [0.15, 0.2) is 104 Å². The van der Waals surface area contributed by atoms with Gasteiger partial charge in [-0.3, -0.25) is 19.9 Å². The molecule has 5 heterocycles. The van der Waals surface area contributed by atoms with Crippen LogP contribution in [-0.2, 0) is 0 Å². The molecule has 0 aliphatic carbocycles. The third kappa shape index (κ3) is 4.28. The van der Waals surface area contributed by atoms with Crippen LogP contribution in [0.3, 0.4) is 0 Å². The van der Waals surface area contributed by atoms with E-state index in [1.54, 1.807) is 24.8 Å². The first kappa shape index (κ1) is 18.6. The number of pyridine rings is 5. The molecule has 0 aliphatic heterocycles. The number of hydrogen-bond donors (Lipinski definition) is 0. The minimum absolute atomic E-state index is 0.634. The largest absolute Gasteiger partial charge is 0.457 e. The zero-order valence-corrected chi connectivity index (χ0v) is 16.5. The van der Waals surface area contributed by atoms with E-state index in [2.05, 4.69) is 19.9 Å². The summed E-state index contributed by atoms with van der Waals surface area (Å²) >= 11 is 0. The Bertz CT molecular complexity index is 1240. The van der Waals surface area contributed by atoms with Gasteiger partial charge in [-0.15, -0.1) is 0 Å². The van der Waals surface area contributed by atoms with E-state index < -0.39 is 0 Å². The zero-order valence-electron chi connectivity index (χ0n) is 16.5. The van der Waals surface area contributed by atoms with Gasteiger partial charge in [0.1, 0.15) is 11.5 Å². The van der Waals surface area contributed by atoms with Crippen molar-refractivity contribution in [1.29, 1.82) is 0 Å². The molecule has 148 valence electrons. The molecule has 31 heavy (non-hydrogen) atoms. The summed E-state index contributed by atoms with van der Waals surface area (Å²) < 4.78 is 6.20. The molecular weight excluding hydrogens is 386 g/mol. The lowest BCUT2D eigenvalue weighted by molar-refractivity contribution is 0.482. The normalized spacial score (nSPS) is 10.6. The Kier molecular flexibility index (Phi) is 5.10. The van der Waals surface area contributed by atoms with Gasteiger partial charge >= 0.3 is 0 Å². The fourth-order valence-electron chi connectivity index (χ4n) is 3.12. The van der Waals surface area contributed by atoms with Crippen molar-refractivity contribution in [3.05, 3.63) is 104 Å². The first-order valence-electron chi connectivity index (χ1n) is 9.75. The van der Waals surface area contributed by atoms with Crippen molar-refractivity contribution < 1.29 is 4.74 Å². The summed E-state index contributed by atoms with van der Waals surface area (Å²) in [6, 6.07) is 24.6. The standard InChI is InChI=1S/C25H17N5O/c1-4-11-26-20(7-1)23-15-18(10-14-29-23)31-19-16-24(21-8-2-5-12-27-21)30-25(17-19)22-9-3-6-13-28-22/h1-17H. The molecule has 0 N–H and O–H groups in total. The van der Waals surface area contributed by atoms with Crippen molar-refractivity contribution in [2.75, 3.05) is 0 Å². The molecule has 0 spiro atoms. The van der Waals surface area contributed by atoms with Crippen molar-refractivity contribution in [2.24, 2.45) is 0 Å². The van der Waals surface area contributed by atoms with E-state index >= 15 is 0 Å².